The second-order valence-corrected chi connectivity index (χ2v) is 5.40. The van der Waals surface area contributed by atoms with Gasteiger partial charge in [0.2, 0.25) is 17.7 Å². The third-order valence-corrected chi connectivity index (χ3v) is 3.66. The van der Waals surface area contributed by atoms with Crippen LogP contribution in [0.3, 0.4) is 0 Å². The summed E-state index contributed by atoms with van der Waals surface area (Å²) in [6.45, 7) is 2.14. The molecule has 1 aliphatic heterocycles. The average molecular weight is 312 g/mol. The fourth-order valence-corrected chi connectivity index (χ4v) is 2.59. The zero-order valence-electron chi connectivity index (χ0n) is 12.8. The van der Waals surface area contributed by atoms with Gasteiger partial charge in [-0.15, -0.1) is 0 Å². The minimum absolute atomic E-state index is 0.163. The Morgan fingerprint density at radius 1 is 1.32 bits per heavy atom. The fraction of sp³-hybridized carbons (Fsp3) is 0.714. The Balaban J connectivity index is 2.75. The van der Waals surface area contributed by atoms with Crippen LogP contribution >= 0.6 is 0 Å². The molecule has 0 radical (unpaired) electrons. The highest BCUT2D eigenvalue weighted by molar-refractivity contribution is 5.95. The molecule has 1 fully saturated rings. The second kappa shape index (κ2) is 8.47. The van der Waals surface area contributed by atoms with Crippen LogP contribution in [0.15, 0.2) is 0 Å². The Morgan fingerprint density at radius 2 is 2.00 bits per heavy atom. The maximum absolute atomic E-state index is 12.3. The zero-order valence-corrected chi connectivity index (χ0v) is 12.8. The van der Waals surface area contributed by atoms with E-state index < -0.39 is 23.9 Å². The van der Waals surface area contributed by atoms with Gasteiger partial charge in [0.05, 0.1) is 19.0 Å². The summed E-state index contributed by atoms with van der Waals surface area (Å²) < 4.78 is 0. The molecule has 8 heteroatoms. The SMILES string of the molecule is CCCC(=O)[C@H](CC(N)=O)NC(=O)C1CCCN1C(=O)CN. The first-order chi connectivity index (χ1) is 10.4. The van der Waals surface area contributed by atoms with E-state index in [9.17, 15) is 19.2 Å². The van der Waals surface area contributed by atoms with Gasteiger partial charge in [-0.25, -0.2) is 0 Å². The first-order valence-corrected chi connectivity index (χ1v) is 7.51. The van der Waals surface area contributed by atoms with Crippen molar-refractivity contribution in [2.45, 2.75) is 51.1 Å². The molecule has 1 unspecified atom stereocenters. The molecule has 124 valence electrons. The van der Waals surface area contributed by atoms with Crippen LogP contribution in [0.4, 0.5) is 0 Å². The van der Waals surface area contributed by atoms with Crippen molar-refractivity contribution in [3.63, 3.8) is 0 Å². The minimum atomic E-state index is -0.930. The van der Waals surface area contributed by atoms with Crippen LogP contribution < -0.4 is 16.8 Å². The van der Waals surface area contributed by atoms with Gasteiger partial charge in [0.1, 0.15) is 6.04 Å². The summed E-state index contributed by atoms with van der Waals surface area (Å²) in [5, 5.41) is 2.56. The highest BCUT2D eigenvalue weighted by Gasteiger charge is 2.35. The van der Waals surface area contributed by atoms with Gasteiger partial charge in [-0.05, 0) is 19.3 Å². The van der Waals surface area contributed by atoms with Crippen LogP contribution in [0.5, 0.6) is 0 Å². The van der Waals surface area contributed by atoms with E-state index in [-0.39, 0.29) is 31.1 Å². The molecule has 0 spiro atoms. The van der Waals surface area contributed by atoms with Gasteiger partial charge in [0, 0.05) is 13.0 Å². The number of hydrogen-bond acceptors (Lipinski definition) is 5. The first-order valence-electron chi connectivity index (χ1n) is 7.51. The summed E-state index contributed by atoms with van der Waals surface area (Å²) in [6, 6.07) is -1.57. The Morgan fingerprint density at radius 3 is 2.55 bits per heavy atom. The van der Waals surface area contributed by atoms with E-state index >= 15 is 0 Å². The van der Waals surface area contributed by atoms with E-state index in [1.165, 1.54) is 4.90 Å². The summed E-state index contributed by atoms with van der Waals surface area (Å²) in [5.41, 5.74) is 10.5. The molecule has 8 nitrogen and oxygen atoms in total. The fourth-order valence-electron chi connectivity index (χ4n) is 2.59. The molecule has 1 aliphatic rings. The van der Waals surface area contributed by atoms with Crippen molar-refractivity contribution < 1.29 is 19.2 Å². The number of hydrogen-bond donors (Lipinski definition) is 3. The molecule has 0 aliphatic carbocycles. The van der Waals surface area contributed by atoms with E-state index in [0.717, 1.165) is 0 Å². The number of nitrogens with two attached hydrogens (primary N) is 2. The Kier molecular flexibility index (Phi) is 6.97. The third kappa shape index (κ3) is 4.80. The van der Waals surface area contributed by atoms with Crippen molar-refractivity contribution in [1.29, 1.82) is 0 Å². The van der Waals surface area contributed by atoms with Gasteiger partial charge >= 0.3 is 0 Å². The van der Waals surface area contributed by atoms with Gasteiger partial charge in [-0.3, -0.25) is 19.2 Å². The van der Waals surface area contributed by atoms with Gasteiger partial charge in [0.25, 0.3) is 0 Å². The maximum Gasteiger partial charge on any atom is 0.243 e. The molecule has 5 N–H and O–H groups in total. The lowest BCUT2D eigenvalue weighted by atomic mass is 10.0. The number of carbonyl (C=O) groups excluding carboxylic acids is 4. The third-order valence-electron chi connectivity index (χ3n) is 3.66. The first kappa shape index (κ1) is 18.1. The molecule has 0 aromatic heterocycles. The molecule has 1 saturated heterocycles. The van der Waals surface area contributed by atoms with Crippen molar-refractivity contribution in [3.05, 3.63) is 0 Å². The highest BCUT2D eigenvalue weighted by atomic mass is 16.2. The molecule has 1 rings (SSSR count). The Hall–Kier alpha value is -1.96. The van der Waals surface area contributed by atoms with Gasteiger partial charge in [-0.1, -0.05) is 6.92 Å². The molecule has 0 bridgehead atoms. The van der Waals surface area contributed by atoms with Crippen LogP contribution in [0.2, 0.25) is 0 Å². The molecule has 22 heavy (non-hydrogen) atoms. The maximum atomic E-state index is 12.3. The predicted octanol–water partition coefficient (Wildman–Crippen LogP) is -1.33. The van der Waals surface area contributed by atoms with Gasteiger partial charge in [0.15, 0.2) is 5.78 Å². The number of ketones is 1. The zero-order chi connectivity index (χ0) is 16.7. The number of likely N-dealkylation sites (tertiary alicyclic amines) is 1. The van der Waals surface area contributed by atoms with E-state index in [1.54, 1.807) is 0 Å². The largest absolute Gasteiger partial charge is 0.370 e. The van der Waals surface area contributed by atoms with E-state index in [2.05, 4.69) is 5.32 Å². The number of nitrogens with one attached hydrogen (secondary N) is 1. The molecule has 1 heterocycles. The summed E-state index contributed by atoms with van der Waals surface area (Å²) in [6.07, 6.45) is 1.86. The van der Waals surface area contributed by atoms with E-state index in [4.69, 9.17) is 11.5 Å². The molecular weight excluding hydrogens is 288 g/mol. The summed E-state index contributed by atoms with van der Waals surface area (Å²) in [5.74, 6) is -1.63. The number of amides is 3. The van der Waals surface area contributed by atoms with Crippen molar-refractivity contribution >= 4 is 23.5 Å². The molecule has 0 aromatic carbocycles. The number of carbonyl (C=O) groups is 4. The average Bonchev–Trinajstić information content (AvgIpc) is 2.94. The molecule has 3 amide bonds. The highest BCUT2D eigenvalue weighted by Crippen LogP contribution is 2.17. The van der Waals surface area contributed by atoms with Gasteiger partial charge in [-0.2, -0.15) is 0 Å². The number of rotatable bonds is 8. The molecule has 2 atom stereocenters. The number of Topliss-reactive ketones (excluding diaryl/α,β-unsaturated/α-hetero) is 1. The monoisotopic (exact) mass is 312 g/mol. The molecular formula is C14H24N4O4. The lowest BCUT2D eigenvalue weighted by molar-refractivity contribution is -0.138. The summed E-state index contributed by atoms with van der Waals surface area (Å²) in [7, 11) is 0. The van der Waals surface area contributed by atoms with Crippen LogP contribution in [0.1, 0.15) is 39.0 Å². The topological polar surface area (TPSA) is 136 Å². The lowest BCUT2D eigenvalue weighted by Crippen LogP contribution is -2.52. The molecule has 0 aromatic rings. The summed E-state index contributed by atoms with van der Waals surface area (Å²) in [4.78, 5) is 48.5. The Labute approximate surface area is 129 Å². The quantitative estimate of drug-likeness (QED) is 0.510. The van der Waals surface area contributed by atoms with Gasteiger partial charge < -0.3 is 21.7 Å². The normalized spacial score (nSPS) is 18.8. The molecule has 0 saturated carbocycles. The smallest absolute Gasteiger partial charge is 0.243 e. The van der Waals surface area contributed by atoms with Crippen molar-refractivity contribution in [2.75, 3.05) is 13.1 Å². The van der Waals surface area contributed by atoms with Crippen LogP contribution in [-0.4, -0.2) is 53.6 Å². The van der Waals surface area contributed by atoms with Crippen molar-refractivity contribution in [1.82, 2.24) is 10.2 Å². The van der Waals surface area contributed by atoms with Crippen LogP contribution in [0.25, 0.3) is 0 Å². The standard InChI is InChI=1S/C14H24N4O4/c1-2-4-11(19)9(7-12(16)20)17-14(22)10-5-3-6-18(10)13(21)8-15/h9-10H,2-8,15H2,1H3,(H2,16,20)(H,17,22)/t9-,10?/m0/s1. The van der Waals surface area contributed by atoms with Crippen LogP contribution in [0, 0.1) is 0 Å². The van der Waals surface area contributed by atoms with Crippen molar-refractivity contribution in [3.8, 4) is 0 Å². The number of primary amides is 1. The van der Waals surface area contributed by atoms with Crippen molar-refractivity contribution in [2.24, 2.45) is 11.5 Å². The summed E-state index contributed by atoms with van der Waals surface area (Å²) >= 11 is 0. The predicted molar refractivity (Wildman–Crippen MR) is 79.4 cm³/mol. The second-order valence-electron chi connectivity index (χ2n) is 5.40. The van der Waals surface area contributed by atoms with E-state index in [0.29, 0.717) is 25.8 Å². The lowest BCUT2D eigenvalue weighted by Gasteiger charge is -2.25. The number of nitrogens with zero attached hydrogens (tertiary/aromatic N) is 1. The minimum Gasteiger partial charge on any atom is -0.370 e. The van der Waals surface area contributed by atoms with E-state index in [1.807, 2.05) is 6.92 Å². The Bertz CT molecular complexity index is 452. The van der Waals surface area contributed by atoms with Crippen LogP contribution in [-0.2, 0) is 19.2 Å².